The zero-order valence-corrected chi connectivity index (χ0v) is 6.96. The number of carbonyl (C=O) groups excluding carboxylic acids is 1. The van der Waals surface area contributed by atoms with E-state index in [0.29, 0.717) is 5.70 Å². The third kappa shape index (κ3) is 1.73. The number of methoxy groups -OCH3 is 1. The van der Waals surface area contributed by atoms with Crippen LogP contribution >= 0.6 is 0 Å². The number of ether oxygens (including phenoxy) is 1. The van der Waals surface area contributed by atoms with Crippen LogP contribution in [-0.4, -0.2) is 31.6 Å². The monoisotopic (exact) mass is 155 g/mol. The van der Waals surface area contributed by atoms with Gasteiger partial charge in [0.2, 0.25) is 0 Å². The zero-order chi connectivity index (χ0) is 8.27. The molecule has 62 valence electrons. The van der Waals surface area contributed by atoms with Crippen LogP contribution < -0.4 is 0 Å². The molecule has 0 atom stereocenters. The van der Waals surface area contributed by atoms with Crippen molar-refractivity contribution in [3.8, 4) is 0 Å². The minimum absolute atomic E-state index is 0.229. The summed E-state index contributed by atoms with van der Waals surface area (Å²) in [6, 6.07) is 0. The first-order valence-electron chi connectivity index (χ1n) is 3.75. The van der Waals surface area contributed by atoms with Crippen molar-refractivity contribution in [3.63, 3.8) is 0 Å². The molecule has 1 aliphatic rings. The number of esters is 1. The Morgan fingerprint density at radius 1 is 1.73 bits per heavy atom. The Labute approximate surface area is 66.6 Å². The highest BCUT2D eigenvalue weighted by Crippen LogP contribution is 2.12. The highest BCUT2D eigenvalue weighted by Gasteiger charge is 2.16. The van der Waals surface area contributed by atoms with Crippen molar-refractivity contribution in [3.05, 3.63) is 11.8 Å². The lowest BCUT2D eigenvalue weighted by molar-refractivity contribution is -0.137. The predicted octanol–water partition coefficient (Wildman–Crippen LogP) is 0.769. The summed E-state index contributed by atoms with van der Waals surface area (Å²) in [6.45, 7) is 0.945. The van der Waals surface area contributed by atoms with Crippen molar-refractivity contribution in [1.82, 2.24) is 4.90 Å². The Bertz CT molecular complexity index is 187. The topological polar surface area (TPSA) is 29.5 Å². The summed E-state index contributed by atoms with van der Waals surface area (Å²) in [4.78, 5) is 13.0. The first-order chi connectivity index (χ1) is 5.25. The quantitative estimate of drug-likeness (QED) is 0.524. The van der Waals surface area contributed by atoms with Gasteiger partial charge in [0.25, 0.3) is 0 Å². The molecule has 0 saturated heterocycles. The van der Waals surface area contributed by atoms with E-state index < -0.39 is 0 Å². The molecule has 1 heterocycles. The highest BCUT2D eigenvalue weighted by atomic mass is 16.5. The molecule has 0 aromatic rings. The van der Waals surface area contributed by atoms with Crippen molar-refractivity contribution in [1.29, 1.82) is 0 Å². The number of carbonyl (C=O) groups is 1. The predicted molar refractivity (Wildman–Crippen MR) is 42.0 cm³/mol. The summed E-state index contributed by atoms with van der Waals surface area (Å²) in [5.74, 6) is -0.229. The molecule has 0 fully saturated rings. The Balaban J connectivity index is 2.67. The van der Waals surface area contributed by atoms with Crippen LogP contribution in [0.15, 0.2) is 11.8 Å². The average Bonchev–Trinajstić information content (AvgIpc) is 2.04. The molecule has 3 heteroatoms. The fourth-order valence-corrected chi connectivity index (χ4v) is 1.19. The molecule has 0 aromatic carbocycles. The normalized spacial score (nSPS) is 17.6. The van der Waals surface area contributed by atoms with Gasteiger partial charge < -0.3 is 9.64 Å². The lowest BCUT2D eigenvalue weighted by atomic mass is 10.2. The van der Waals surface area contributed by atoms with Crippen LogP contribution in [0.5, 0.6) is 0 Å². The van der Waals surface area contributed by atoms with Gasteiger partial charge in [-0.05, 0) is 12.8 Å². The van der Waals surface area contributed by atoms with E-state index in [-0.39, 0.29) is 5.97 Å². The second kappa shape index (κ2) is 3.42. The first kappa shape index (κ1) is 8.11. The Kier molecular flexibility index (Phi) is 2.52. The van der Waals surface area contributed by atoms with Gasteiger partial charge in [-0.3, -0.25) is 0 Å². The highest BCUT2D eigenvalue weighted by molar-refractivity contribution is 5.87. The van der Waals surface area contributed by atoms with E-state index in [9.17, 15) is 4.79 Å². The zero-order valence-electron chi connectivity index (χ0n) is 6.96. The van der Waals surface area contributed by atoms with Crippen LogP contribution in [0.25, 0.3) is 0 Å². The standard InChI is InChI=1S/C8H13NO2/c1-9-6-4-3-5-7(9)8(10)11-2/h5H,3-4,6H2,1-2H3. The molecule has 1 aliphatic heterocycles. The molecule has 1 rings (SSSR count). The third-order valence-electron chi connectivity index (χ3n) is 1.84. The summed E-state index contributed by atoms with van der Waals surface area (Å²) < 4.78 is 4.61. The maximum Gasteiger partial charge on any atom is 0.353 e. The fourth-order valence-electron chi connectivity index (χ4n) is 1.19. The van der Waals surface area contributed by atoms with Crippen molar-refractivity contribution >= 4 is 5.97 Å². The van der Waals surface area contributed by atoms with E-state index in [1.807, 2.05) is 18.0 Å². The Morgan fingerprint density at radius 2 is 2.45 bits per heavy atom. The van der Waals surface area contributed by atoms with Gasteiger partial charge in [0, 0.05) is 13.6 Å². The summed E-state index contributed by atoms with van der Waals surface area (Å²) in [5.41, 5.74) is 0.693. The van der Waals surface area contributed by atoms with Gasteiger partial charge >= 0.3 is 5.97 Å². The molecule has 0 aliphatic carbocycles. The van der Waals surface area contributed by atoms with E-state index in [0.717, 1.165) is 19.4 Å². The van der Waals surface area contributed by atoms with Crippen molar-refractivity contribution < 1.29 is 9.53 Å². The van der Waals surface area contributed by atoms with Gasteiger partial charge in [-0.2, -0.15) is 0 Å². The van der Waals surface area contributed by atoms with Gasteiger partial charge in [-0.25, -0.2) is 4.79 Å². The summed E-state index contributed by atoms with van der Waals surface area (Å²) >= 11 is 0. The second-order valence-corrected chi connectivity index (χ2v) is 2.64. The number of allylic oxidation sites excluding steroid dienone is 1. The molecule has 0 radical (unpaired) electrons. The minimum Gasteiger partial charge on any atom is -0.464 e. The molecular formula is C8H13NO2. The van der Waals surface area contributed by atoms with Crippen molar-refractivity contribution in [2.45, 2.75) is 12.8 Å². The van der Waals surface area contributed by atoms with Gasteiger partial charge in [0.05, 0.1) is 7.11 Å². The minimum atomic E-state index is -0.229. The van der Waals surface area contributed by atoms with E-state index in [4.69, 9.17) is 0 Å². The third-order valence-corrected chi connectivity index (χ3v) is 1.84. The molecule has 0 unspecified atom stereocenters. The van der Waals surface area contributed by atoms with E-state index in [1.165, 1.54) is 7.11 Å². The molecule has 3 nitrogen and oxygen atoms in total. The smallest absolute Gasteiger partial charge is 0.353 e. The molecule has 0 spiro atoms. The molecule has 11 heavy (non-hydrogen) atoms. The lowest BCUT2D eigenvalue weighted by Crippen LogP contribution is -2.27. The number of hydrogen-bond donors (Lipinski definition) is 0. The van der Waals surface area contributed by atoms with Crippen LogP contribution in [0.1, 0.15) is 12.8 Å². The SMILES string of the molecule is COC(=O)C1=CCCCN1C. The summed E-state index contributed by atoms with van der Waals surface area (Å²) in [5, 5.41) is 0. The van der Waals surface area contributed by atoms with Crippen LogP contribution in [-0.2, 0) is 9.53 Å². The number of nitrogens with zero attached hydrogens (tertiary/aromatic N) is 1. The first-order valence-corrected chi connectivity index (χ1v) is 3.75. The Morgan fingerprint density at radius 3 is 3.00 bits per heavy atom. The van der Waals surface area contributed by atoms with Crippen LogP contribution in [0.3, 0.4) is 0 Å². The number of rotatable bonds is 1. The van der Waals surface area contributed by atoms with Gasteiger partial charge in [-0.1, -0.05) is 6.08 Å². The van der Waals surface area contributed by atoms with Crippen molar-refractivity contribution in [2.24, 2.45) is 0 Å². The Hall–Kier alpha value is -0.990. The molecule has 0 bridgehead atoms. The second-order valence-electron chi connectivity index (χ2n) is 2.64. The van der Waals surface area contributed by atoms with Gasteiger partial charge in [0.1, 0.15) is 5.70 Å². The lowest BCUT2D eigenvalue weighted by Gasteiger charge is -2.23. The van der Waals surface area contributed by atoms with E-state index in [2.05, 4.69) is 4.74 Å². The number of likely N-dealkylation sites (N-methyl/N-ethyl adjacent to an activating group) is 1. The van der Waals surface area contributed by atoms with Crippen LogP contribution in [0, 0.1) is 0 Å². The van der Waals surface area contributed by atoms with Crippen LogP contribution in [0.2, 0.25) is 0 Å². The summed E-state index contributed by atoms with van der Waals surface area (Å²) in [7, 11) is 3.31. The van der Waals surface area contributed by atoms with Gasteiger partial charge in [-0.15, -0.1) is 0 Å². The molecule has 0 aromatic heterocycles. The van der Waals surface area contributed by atoms with Crippen LogP contribution in [0.4, 0.5) is 0 Å². The summed E-state index contributed by atoms with van der Waals surface area (Å²) in [6.07, 6.45) is 4.03. The van der Waals surface area contributed by atoms with E-state index >= 15 is 0 Å². The molecular weight excluding hydrogens is 142 g/mol. The fraction of sp³-hybridized carbons (Fsp3) is 0.625. The maximum atomic E-state index is 11.0. The maximum absolute atomic E-state index is 11.0. The van der Waals surface area contributed by atoms with E-state index in [1.54, 1.807) is 0 Å². The molecule has 0 N–H and O–H groups in total. The van der Waals surface area contributed by atoms with Gasteiger partial charge in [0.15, 0.2) is 0 Å². The largest absolute Gasteiger partial charge is 0.464 e. The average molecular weight is 155 g/mol. The number of hydrogen-bond acceptors (Lipinski definition) is 3. The molecule has 0 saturated carbocycles. The van der Waals surface area contributed by atoms with Crippen molar-refractivity contribution in [2.75, 3.05) is 20.7 Å². The molecule has 0 amide bonds.